The first-order valence-corrected chi connectivity index (χ1v) is 8.55. The topological polar surface area (TPSA) is 29.1 Å². The maximum Gasteiger partial charge on any atom is 0.230 e. The number of carbonyl (C=O) groups is 1. The molecule has 0 saturated heterocycles. The molecule has 1 N–H and O–H groups in total. The van der Waals surface area contributed by atoms with Gasteiger partial charge in [0.2, 0.25) is 5.91 Å². The van der Waals surface area contributed by atoms with Gasteiger partial charge in [-0.25, -0.2) is 8.78 Å². The van der Waals surface area contributed by atoms with Crippen molar-refractivity contribution in [3.63, 3.8) is 0 Å². The highest BCUT2D eigenvalue weighted by Gasteiger charge is 2.10. The Labute approximate surface area is 143 Å². The van der Waals surface area contributed by atoms with E-state index in [0.29, 0.717) is 16.3 Å². The monoisotopic (exact) mass is 355 g/mol. The molecule has 2 rings (SSSR count). The summed E-state index contributed by atoms with van der Waals surface area (Å²) < 4.78 is 26.5. The summed E-state index contributed by atoms with van der Waals surface area (Å²) in [6, 6.07) is 10.3. The van der Waals surface area contributed by atoms with Crippen LogP contribution in [0.25, 0.3) is 0 Å². The van der Waals surface area contributed by atoms with Gasteiger partial charge in [0.05, 0.1) is 11.8 Å². The number of benzene rings is 2. The molecule has 1 amide bonds. The van der Waals surface area contributed by atoms with Crippen LogP contribution in [0.1, 0.15) is 24.1 Å². The summed E-state index contributed by atoms with van der Waals surface area (Å²) in [6.07, 6.45) is 0. The number of amides is 1. The first-order chi connectivity index (χ1) is 11.0. The molecule has 2 aromatic carbocycles. The highest BCUT2D eigenvalue weighted by Crippen LogP contribution is 2.20. The summed E-state index contributed by atoms with van der Waals surface area (Å²) in [6.45, 7) is 1.83. The van der Waals surface area contributed by atoms with Crippen LogP contribution < -0.4 is 5.32 Å². The third-order valence-corrected chi connectivity index (χ3v) is 4.47. The predicted octanol–water partition coefficient (Wildman–Crippen LogP) is 4.73. The number of halogens is 3. The molecule has 0 fully saturated rings. The number of hydrogen-bond acceptors (Lipinski definition) is 2. The Kier molecular flexibility index (Phi) is 6.42. The van der Waals surface area contributed by atoms with Crippen LogP contribution in [0.15, 0.2) is 42.5 Å². The molecular formula is C17H16ClF2NOS. The lowest BCUT2D eigenvalue weighted by molar-refractivity contribution is -0.119. The zero-order chi connectivity index (χ0) is 16.8. The minimum atomic E-state index is -0.370. The number of thioether (sulfide) groups is 1. The van der Waals surface area contributed by atoms with Gasteiger partial charge < -0.3 is 5.32 Å². The van der Waals surface area contributed by atoms with Gasteiger partial charge in [0.25, 0.3) is 0 Å². The van der Waals surface area contributed by atoms with Crippen molar-refractivity contribution in [3.8, 4) is 0 Å². The summed E-state index contributed by atoms with van der Waals surface area (Å²) >= 11 is 7.01. The van der Waals surface area contributed by atoms with E-state index in [1.54, 1.807) is 24.3 Å². The van der Waals surface area contributed by atoms with Gasteiger partial charge >= 0.3 is 0 Å². The van der Waals surface area contributed by atoms with Gasteiger partial charge in [-0.2, -0.15) is 0 Å². The van der Waals surface area contributed by atoms with Crippen LogP contribution in [-0.4, -0.2) is 11.7 Å². The Hall–Kier alpha value is -1.59. The predicted molar refractivity (Wildman–Crippen MR) is 90.5 cm³/mol. The Morgan fingerprint density at radius 3 is 2.57 bits per heavy atom. The second-order valence-electron chi connectivity index (χ2n) is 5.07. The van der Waals surface area contributed by atoms with E-state index in [4.69, 9.17) is 11.6 Å². The molecule has 0 aliphatic rings. The molecule has 0 radical (unpaired) electrons. The quantitative estimate of drug-likeness (QED) is 0.811. The lowest BCUT2D eigenvalue weighted by Crippen LogP contribution is -2.28. The van der Waals surface area contributed by atoms with E-state index in [9.17, 15) is 13.6 Å². The maximum absolute atomic E-state index is 13.6. The van der Waals surface area contributed by atoms with E-state index in [1.807, 2.05) is 6.92 Å². The second-order valence-corrected chi connectivity index (χ2v) is 6.49. The Balaban J connectivity index is 1.79. The number of carbonyl (C=O) groups excluding carboxylic acids is 1. The van der Waals surface area contributed by atoms with Crippen molar-refractivity contribution in [2.24, 2.45) is 0 Å². The molecule has 2 aromatic rings. The van der Waals surface area contributed by atoms with Gasteiger partial charge in [-0.1, -0.05) is 29.8 Å². The summed E-state index contributed by atoms with van der Waals surface area (Å²) in [7, 11) is 0. The lowest BCUT2D eigenvalue weighted by atomic mass is 10.1. The Morgan fingerprint density at radius 2 is 1.91 bits per heavy atom. The van der Waals surface area contributed by atoms with Crippen molar-refractivity contribution in [1.82, 2.24) is 5.32 Å². The van der Waals surface area contributed by atoms with Crippen molar-refractivity contribution >= 4 is 29.3 Å². The zero-order valence-corrected chi connectivity index (χ0v) is 14.1. The molecular weight excluding hydrogens is 340 g/mol. The fourth-order valence-corrected chi connectivity index (χ4v) is 2.99. The largest absolute Gasteiger partial charge is 0.349 e. The summed E-state index contributed by atoms with van der Waals surface area (Å²) in [4.78, 5) is 11.9. The fraction of sp³-hybridized carbons (Fsp3) is 0.235. The smallest absolute Gasteiger partial charge is 0.230 e. The average Bonchev–Trinajstić information content (AvgIpc) is 2.50. The van der Waals surface area contributed by atoms with Crippen LogP contribution in [0.4, 0.5) is 8.78 Å². The molecule has 122 valence electrons. The standard InChI is InChI=1S/C17H16ClF2NOS/c1-11(12-3-6-15(19)7-4-12)21-17(22)10-23-9-13-2-5-14(18)8-16(13)20/h2-8,11H,9-10H2,1H3,(H,21,22)/t11-/m1/s1. The van der Waals surface area contributed by atoms with Crippen molar-refractivity contribution in [2.75, 3.05) is 5.75 Å². The van der Waals surface area contributed by atoms with Crippen molar-refractivity contribution in [2.45, 2.75) is 18.7 Å². The van der Waals surface area contributed by atoms with Crippen molar-refractivity contribution < 1.29 is 13.6 Å². The van der Waals surface area contributed by atoms with E-state index < -0.39 is 0 Å². The fourth-order valence-electron chi connectivity index (χ4n) is 2.01. The van der Waals surface area contributed by atoms with Gasteiger partial charge in [-0.05, 0) is 42.3 Å². The van der Waals surface area contributed by atoms with Crippen molar-refractivity contribution in [3.05, 3.63) is 70.2 Å². The minimum Gasteiger partial charge on any atom is -0.349 e. The summed E-state index contributed by atoms with van der Waals surface area (Å²) in [5.41, 5.74) is 1.34. The van der Waals surface area contributed by atoms with Crippen LogP contribution >= 0.6 is 23.4 Å². The second kappa shape index (κ2) is 8.31. The van der Waals surface area contributed by atoms with Crippen LogP contribution in [0.3, 0.4) is 0 Å². The van der Waals surface area contributed by atoms with Crippen LogP contribution in [0.5, 0.6) is 0 Å². The third-order valence-electron chi connectivity index (χ3n) is 3.25. The molecule has 2 nitrogen and oxygen atoms in total. The zero-order valence-electron chi connectivity index (χ0n) is 12.5. The van der Waals surface area contributed by atoms with Crippen LogP contribution in [0.2, 0.25) is 5.02 Å². The summed E-state index contributed by atoms with van der Waals surface area (Å²) in [5, 5.41) is 3.18. The van der Waals surface area contributed by atoms with Crippen LogP contribution in [-0.2, 0) is 10.5 Å². The van der Waals surface area contributed by atoms with Gasteiger partial charge in [-0.3, -0.25) is 4.79 Å². The molecule has 1 atom stereocenters. The molecule has 0 unspecified atom stereocenters. The van der Waals surface area contributed by atoms with E-state index in [-0.39, 0.29) is 29.3 Å². The highest BCUT2D eigenvalue weighted by atomic mass is 35.5. The molecule has 0 aliphatic carbocycles. The molecule has 0 saturated carbocycles. The first kappa shape index (κ1) is 17.8. The van der Waals surface area contributed by atoms with E-state index in [0.717, 1.165) is 5.56 Å². The van der Waals surface area contributed by atoms with Gasteiger partial charge in [0.1, 0.15) is 11.6 Å². The number of rotatable bonds is 6. The Bertz CT molecular complexity index is 679. The number of nitrogens with one attached hydrogen (secondary N) is 1. The normalized spacial score (nSPS) is 12.0. The number of hydrogen-bond donors (Lipinski definition) is 1. The van der Waals surface area contributed by atoms with E-state index >= 15 is 0 Å². The summed E-state index contributed by atoms with van der Waals surface area (Å²) in [5.74, 6) is -0.228. The Morgan fingerprint density at radius 1 is 1.22 bits per heavy atom. The highest BCUT2D eigenvalue weighted by molar-refractivity contribution is 7.99. The lowest BCUT2D eigenvalue weighted by Gasteiger charge is -2.14. The molecule has 0 bridgehead atoms. The maximum atomic E-state index is 13.6. The molecule has 6 heteroatoms. The SMILES string of the molecule is C[C@@H](NC(=O)CSCc1ccc(Cl)cc1F)c1ccc(F)cc1. The third kappa shape index (κ3) is 5.52. The first-order valence-electron chi connectivity index (χ1n) is 7.02. The molecule has 0 aromatic heterocycles. The minimum absolute atomic E-state index is 0.152. The van der Waals surface area contributed by atoms with Crippen molar-refractivity contribution in [1.29, 1.82) is 0 Å². The van der Waals surface area contributed by atoms with Gasteiger partial charge in [0.15, 0.2) is 0 Å². The molecule has 0 aliphatic heterocycles. The molecule has 23 heavy (non-hydrogen) atoms. The van der Waals surface area contributed by atoms with Crippen LogP contribution in [0, 0.1) is 11.6 Å². The van der Waals surface area contributed by atoms with E-state index in [2.05, 4.69) is 5.32 Å². The van der Waals surface area contributed by atoms with Gasteiger partial charge in [0, 0.05) is 10.8 Å². The molecule has 0 spiro atoms. The van der Waals surface area contributed by atoms with Gasteiger partial charge in [-0.15, -0.1) is 11.8 Å². The average molecular weight is 356 g/mol. The molecule has 0 heterocycles. The van der Waals surface area contributed by atoms with E-state index in [1.165, 1.54) is 30.0 Å².